The Hall–Kier alpha value is -1.61. The lowest BCUT2D eigenvalue weighted by molar-refractivity contribution is 0.557. The van der Waals surface area contributed by atoms with Crippen LogP contribution < -0.4 is 20.9 Å². The van der Waals surface area contributed by atoms with E-state index >= 15 is 0 Å². The second-order valence-electron chi connectivity index (χ2n) is 4.90. The predicted molar refractivity (Wildman–Crippen MR) is 82.0 cm³/mol. The molecule has 1 saturated heterocycles. The largest absolute Gasteiger partial charge is 0.369 e. The lowest BCUT2D eigenvalue weighted by atomic mass is 10.2. The summed E-state index contributed by atoms with van der Waals surface area (Å²) in [5.41, 5.74) is 1.90. The van der Waals surface area contributed by atoms with Gasteiger partial charge < -0.3 is 20.9 Å². The molecule has 0 atom stereocenters. The molecule has 0 bridgehead atoms. The molecule has 0 amide bonds. The highest BCUT2D eigenvalue weighted by atomic mass is 15.2. The van der Waals surface area contributed by atoms with Crippen LogP contribution in [0.3, 0.4) is 0 Å². The smallest absolute Gasteiger partial charge is 0.0991 e. The molecule has 0 unspecified atom stereocenters. The van der Waals surface area contributed by atoms with Crippen molar-refractivity contribution in [1.29, 1.82) is 5.26 Å². The van der Waals surface area contributed by atoms with Gasteiger partial charge in [-0.25, -0.2) is 0 Å². The Bertz CT molecular complexity index is 411. The molecule has 0 radical (unpaired) electrons. The van der Waals surface area contributed by atoms with Gasteiger partial charge in [0.25, 0.3) is 0 Å². The van der Waals surface area contributed by atoms with Crippen LogP contribution in [0.1, 0.15) is 5.56 Å². The number of benzene rings is 1. The molecule has 1 aromatic rings. The number of nitrogens with zero attached hydrogens (tertiary/aromatic N) is 2. The maximum Gasteiger partial charge on any atom is 0.0991 e. The average Bonchev–Trinajstić information content (AvgIpc) is 2.48. The number of nitrogens with one attached hydrogen (secondary N) is 3. The van der Waals surface area contributed by atoms with Crippen LogP contribution in [0, 0.1) is 11.3 Å². The maximum atomic E-state index is 8.86. The second-order valence-corrected chi connectivity index (χ2v) is 4.90. The third-order valence-corrected chi connectivity index (χ3v) is 3.44. The zero-order valence-corrected chi connectivity index (χ0v) is 11.9. The number of rotatable bonds is 1. The van der Waals surface area contributed by atoms with Gasteiger partial charge in [0.05, 0.1) is 11.6 Å². The molecule has 1 aliphatic heterocycles. The molecule has 5 nitrogen and oxygen atoms in total. The fourth-order valence-electron chi connectivity index (χ4n) is 2.27. The third kappa shape index (κ3) is 4.82. The molecule has 1 heterocycles. The van der Waals surface area contributed by atoms with Crippen molar-refractivity contribution in [3.05, 3.63) is 29.8 Å². The van der Waals surface area contributed by atoms with E-state index in [0.717, 1.165) is 52.4 Å². The summed E-state index contributed by atoms with van der Waals surface area (Å²) in [7, 11) is 0. The van der Waals surface area contributed by atoms with E-state index in [1.165, 1.54) is 5.69 Å². The highest BCUT2D eigenvalue weighted by molar-refractivity contribution is 5.49. The molecule has 0 spiro atoms. The summed E-state index contributed by atoms with van der Waals surface area (Å²) >= 11 is 0. The summed E-state index contributed by atoms with van der Waals surface area (Å²) in [4.78, 5) is 2.36. The van der Waals surface area contributed by atoms with E-state index in [-0.39, 0.29) is 0 Å². The van der Waals surface area contributed by atoms with Crippen LogP contribution in [-0.4, -0.2) is 52.4 Å². The molecule has 0 aromatic heterocycles. The Balaban J connectivity index is 1.95. The highest BCUT2D eigenvalue weighted by Gasteiger charge is 2.06. The summed E-state index contributed by atoms with van der Waals surface area (Å²) in [6.07, 6.45) is 0. The standard InChI is InChI=1S/C15H23N5/c16-13-14-1-3-15(4-2-14)20-11-9-18-7-5-17-6-8-19-10-12-20/h1-4,17-19H,5-12H2. The van der Waals surface area contributed by atoms with Crippen LogP contribution >= 0.6 is 0 Å². The number of anilines is 1. The molecular formula is C15H23N5. The predicted octanol–water partition coefficient (Wildman–Crippen LogP) is 0.147. The molecule has 0 aliphatic carbocycles. The van der Waals surface area contributed by atoms with Crippen molar-refractivity contribution in [2.75, 3.05) is 57.3 Å². The Labute approximate surface area is 121 Å². The lowest BCUT2D eigenvalue weighted by Crippen LogP contribution is -2.41. The van der Waals surface area contributed by atoms with Gasteiger partial charge in [0.15, 0.2) is 0 Å². The van der Waals surface area contributed by atoms with Crippen molar-refractivity contribution in [3.8, 4) is 6.07 Å². The van der Waals surface area contributed by atoms with Gasteiger partial charge in [-0.1, -0.05) is 0 Å². The van der Waals surface area contributed by atoms with E-state index in [1.54, 1.807) is 0 Å². The molecule has 0 saturated carbocycles. The summed E-state index contributed by atoms with van der Waals surface area (Å²) < 4.78 is 0. The normalized spacial score (nSPS) is 18.6. The molecule has 1 aliphatic rings. The summed E-state index contributed by atoms with van der Waals surface area (Å²) in [5, 5.41) is 19.1. The molecule has 2 rings (SSSR count). The monoisotopic (exact) mass is 273 g/mol. The van der Waals surface area contributed by atoms with Gasteiger partial charge in [0.1, 0.15) is 0 Å². The SMILES string of the molecule is N#Cc1ccc(N2CCNCCNCCNCC2)cc1. The van der Waals surface area contributed by atoms with E-state index in [2.05, 4.69) is 26.9 Å². The summed E-state index contributed by atoms with van der Waals surface area (Å²) in [6.45, 7) is 7.93. The minimum Gasteiger partial charge on any atom is -0.369 e. The quantitative estimate of drug-likeness (QED) is 0.680. The van der Waals surface area contributed by atoms with Gasteiger partial charge in [0, 0.05) is 58.0 Å². The number of hydrogen-bond acceptors (Lipinski definition) is 5. The van der Waals surface area contributed by atoms with Gasteiger partial charge in [-0.05, 0) is 24.3 Å². The Morgan fingerprint density at radius 2 is 1.30 bits per heavy atom. The molecule has 108 valence electrons. The van der Waals surface area contributed by atoms with Crippen LogP contribution in [0.4, 0.5) is 5.69 Å². The van der Waals surface area contributed by atoms with Crippen LogP contribution in [0.15, 0.2) is 24.3 Å². The zero-order valence-electron chi connectivity index (χ0n) is 11.9. The summed E-state index contributed by atoms with van der Waals surface area (Å²) in [6, 6.07) is 10.0. The van der Waals surface area contributed by atoms with Crippen LogP contribution in [-0.2, 0) is 0 Å². The van der Waals surface area contributed by atoms with Crippen molar-refractivity contribution in [3.63, 3.8) is 0 Å². The van der Waals surface area contributed by atoms with Crippen LogP contribution in [0.5, 0.6) is 0 Å². The number of hydrogen-bond donors (Lipinski definition) is 3. The Kier molecular flexibility index (Phi) is 6.32. The van der Waals surface area contributed by atoms with E-state index in [1.807, 2.05) is 24.3 Å². The number of nitriles is 1. The van der Waals surface area contributed by atoms with Gasteiger partial charge >= 0.3 is 0 Å². The molecule has 3 N–H and O–H groups in total. The molecule has 20 heavy (non-hydrogen) atoms. The average molecular weight is 273 g/mol. The van der Waals surface area contributed by atoms with Crippen LogP contribution in [0.25, 0.3) is 0 Å². The molecule has 1 fully saturated rings. The van der Waals surface area contributed by atoms with E-state index in [0.29, 0.717) is 5.56 Å². The Morgan fingerprint density at radius 1 is 0.800 bits per heavy atom. The fourth-order valence-corrected chi connectivity index (χ4v) is 2.27. The topological polar surface area (TPSA) is 63.1 Å². The van der Waals surface area contributed by atoms with Crippen molar-refractivity contribution >= 4 is 5.69 Å². The van der Waals surface area contributed by atoms with Gasteiger partial charge in [-0.2, -0.15) is 5.26 Å². The van der Waals surface area contributed by atoms with Crippen molar-refractivity contribution in [2.45, 2.75) is 0 Å². The first-order valence-electron chi connectivity index (χ1n) is 7.27. The minimum atomic E-state index is 0.713. The summed E-state index contributed by atoms with van der Waals surface area (Å²) in [5.74, 6) is 0. The van der Waals surface area contributed by atoms with Gasteiger partial charge in [0.2, 0.25) is 0 Å². The van der Waals surface area contributed by atoms with Crippen molar-refractivity contribution in [1.82, 2.24) is 16.0 Å². The van der Waals surface area contributed by atoms with Gasteiger partial charge in [-0.15, -0.1) is 0 Å². The highest BCUT2D eigenvalue weighted by Crippen LogP contribution is 2.14. The van der Waals surface area contributed by atoms with E-state index in [9.17, 15) is 0 Å². The van der Waals surface area contributed by atoms with E-state index in [4.69, 9.17) is 5.26 Å². The maximum absolute atomic E-state index is 8.86. The molecular weight excluding hydrogens is 250 g/mol. The van der Waals surface area contributed by atoms with E-state index < -0.39 is 0 Å². The second kappa shape index (κ2) is 8.54. The van der Waals surface area contributed by atoms with Crippen LogP contribution in [0.2, 0.25) is 0 Å². The first-order chi connectivity index (χ1) is 9.90. The zero-order chi connectivity index (χ0) is 14.0. The fraction of sp³-hybridized carbons (Fsp3) is 0.533. The first kappa shape index (κ1) is 14.8. The third-order valence-electron chi connectivity index (χ3n) is 3.44. The van der Waals surface area contributed by atoms with Crippen molar-refractivity contribution in [2.24, 2.45) is 0 Å². The minimum absolute atomic E-state index is 0.713. The molecule has 1 aromatic carbocycles. The Morgan fingerprint density at radius 3 is 1.80 bits per heavy atom. The van der Waals surface area contributed by atoms with Crippen molar-refractivity contribution < 1.29 is 0 Å². The first-order valence-corrected chi connectivity index (χ1v) is 7.27. The lowest BCUT2D eigenvalue weighted by Gasteiger charge is -2.26. The van der Waals surface area contributed by atoms with Gasteiger partial charge in [-0.3, -0.25) is 0 Å². The molecule has 5 heteroatoms.